The van der Waals surface area contributed by atoms with Crippen molar-refractivity contribution in [3.8, 4) is 11.3 Å². The van der Waals surface area contributed by atoms with Crippen LogP contribution in [0.3, 0.4) is 0 Å². The summed E-state index contributed by atoms with van der Waals surface area (Å²) in [6, 6.07) is 16.8. The molecule has 3 aliphatic rings. The van der Waals surface area contributed by atoms with E-state index in [1.165, 1.54) is 12.1 Å². The molecule has 0 saturated carbocycles. The van der Waals surface area contributed by atoms with Crippen molar-refractivity contribution in [2.45, 2.75) is 84.0 Å². The van der Waals surface area contributed by atoms with Crippen molar-refractivity contribution >= 4 is 34.4 Å². The van der Waals surface area contributed by atoms with Gasteiger partial charge < -0.3 is 10.2 Å². The summed E-state index contributed by atoms with van der Waals surface area (Å²) in [6.45, 7) is 7.71. The lowest BCUT2D eigenvalue weighted by Gasteiger charge is -2.32. The highest BCUT2D eigenvalue weighted by molar-refractivity contribution is 6.05. The Kier molecular flexibility index (Phi) is 10.0. The molecule has 3 aromatic carbocycles. The van der Waals surface area contributed by atoms with Crippen molar-refractivity contribution in [2.75, 3.05) is 18.4 Å². The summed E-state index contributed by atoms with van der Waals surface area (Å²) in [5.74, 6) is 0.168. The Hall–Kier alpha value is -5.69. The molecule has 0 radical (unpaired) electrons. The van der Waals surface area contributed by atoms with Crippen LogP contribution in [0.1, 0.15) is 101 Å². The van der Waals surface area contributed by atoms with E-state index >= 15 is 4.39 Å². The number of alkyl halides is 2. The molecular weight excluding hydrogens is 720 g/mol. The van der Waals surface area contributed by atoms with Crippen LogP contribution in [-0.2, 0) is 22.7 Å². The summed E-state index contributed by atoms with van der Waals surface area (Å²) < 4.78 is 42.6. The number of piperidine rings is 2. The number of pyridine rings is 1. The highest BCUT2D eigenvalue weighted by atomic mass is 19.3. The molecule has 56 heavy (non-hydrogen) atoms. The van der Waals surface area contributed by atoms with Gasteiger partial charge in [0.1, 0.15) is 23.5 Å². The number of rotatable bonds is 9. The topological polar surface area (TPSA) is 120 Å². The SMILES string of the molecule is Cc1nc(NC(C)c2cccc(C(F)F)c2C)c2cc(-c3ccc(F)c(CN4CCC(c5ccc6c(c5)CN(C5CCC(=O)NC5=O)C6=O)CC4)c3)ncc2n1. The number of halogens is 3. The second-order valence-electron chi connectivity index (χ2n) is 15.1. The van der Waals surface area contributed by atoms with Crippen molar-refractivity contribution < 1.29 is 27.6 Å². The van der Waals surface area contributed by atoms with Crippen LogP contribution in [0.15, 0.2) is 66.9 Å². The van der Waals surface area contributed by atoms with Crippen LogP contribution >= 0.6 is 0 Å². The van der Waals surface area contributed by atoms with Gasteiger partial charge in [-0.15, -0.1) is 0 Å². The minimum Gasteiger partial charge on any atom is -0.363 e. The van der Waals surface area contributed by atoms with Gasteiger partial charge in [0.15, 0.2) is 0 Å². The highest BCUT2D eigenvalue weighted by Gasteiger charge is 2.39. The number of anilines is 1. The quantitative estimate of drug-likeness (QED) is 0.147. The Morgan fingerprint density at radius 3 is 2.50 bits per heavy atom. The lowest BCUT2D eigenvalue weighted by molar-refractivity contribution is -0.136. The van der Waals surface area contributed by atoms with E-state index in [0.717, 1.165) is 48.2 Å². The number of likely N-dealkylation sites (tertiary alicyclic amines) is 1. The molecule has 288 valence electrons. The third-order valence-corrected chi connectivity index (χ3v) is 11.5. The number of carbonyl (C=O) groups excluding carboxylic acids is 3. The molecule has 13 heteroatoms. The maximum absolute atomic E-state index is 15.3. The fraction of sp³-hybridized carbons (Fsp3) is 0.349. The van der Waals surface area contributed by atoms with E-state index in [-0.39, 0.29) is 41.6 Å². The monoisotopic (exact) mass is 761 g/mol. The van der Waals surface area contributed by atoms with E-state index in [1.807, 2.05) is 37.3 Å². The molecule has 2 fully saturated rings. The molecule has 5 aromatic rings. The third kappa shape index (κ3) is 7.23. The molecule has 0 aliphatic carbocycles. The number of nitrogens with zero attached hydrogens (tertiary/aromatic N) is 5. The zero-order valence-corrected chi connectivity index (χ0v) is 31.4. The fourth-order valence-electron chi connectivity index (χ4n) is 8.45. The highest BCUT2D eigenvalue weighted by Crippen LogP contribution is 2.36. The summed E-state index contributed by atoms with van der Waals surface area (Å²) in [6.07, 6.45) is 1.39. The lowest BCUT2D eigenvalue weighted by Crippen LogP contribution is -2.52. The van der Waals surface area contributed by atoms with Crippen LogP contribution in [0, 0.1) is 19.7 Å². The minimum absolute atomic E-state index is 0.00209. The van der Waals surface area contributed by atoms with Crippen LogP contribution in [-0.4, -0.2) is 61.6 Å². The van der Waals surface area contributed by atoms with Crippen LogP contribution in [0.2, 0.25) is 0 Å². The number of nitrogens with one attached hydrogen (secondary N) is 2. The fourth-order valence-corrected chi connectivity index (χ4v) is 8.45. The number of aryl methyl sites for hydroxylation is 1. The molecule has 2 aromatic heterocycles. The van der Waals surface area contributed by atoms with Crippen LogP contribution in [0.5, 0.6) is 0 Å². The Morgan fingerprint density at radius 2 is 1.73 bits per heavy atom. The van der Waals surface area contributed by atoms with Gasteiger partial charge in [-0.05, 0) is 112 Å². The molecule has 10 nitrogen and oxygen atoms in total. The molecule has 5 heterocycles. The number of carbonyl (C=O) groups is 3. The molecule has 2 unspecified atom stereocenters. The minimum atomic E-state index is -2.57. The first kappa shape index (κ1) is 37.2. The van der Waals surface area contributed by atoms with Crippen molar-refractivity contribution in [3.63, 3.8) is 0 Å². The maximum Gasteiger partial charge on any atom is 0.264 e. The Balaban J connectivity index is 0.951. The first-order chi connectivity index (χ1) is 26.9. The summed E-state index contributed by atoms with van der Waals surface area (Å²) >= 11 is 0. The average molecular weight is 762 g/mol. The maximum atomic E-state index is 15.3. The number of aromatic nitrogens is 3. The van der Waals surface area contributed by atoms with E-state index in [1.54, 1.807) is 37.1 Å². The number of fused-ring (bicyclic) bond motifs is 2. The van der Waals surface area contributed by atoms with Gasteiger partial charge in [0.25, 0.3) is 12.3 Å². The molecule has 0 bridgehead atoms. The number of amides is 3. The molecule has 2 N–H and O–H groups in total. The molecule has 2 atom stereocenters. The summed E-state index contributed by atoms with van der Waals surface area (Å²) in [4.78, 5) is 55.0. The van der Waals surface area contributed by atoms with Gasteiger partial charge >= 0.3 is 0 Å². The number of imide groups is 1. The predicted octanol–water partition coefficient (Wildman–Crippen LogP) is 7.70. The second kappa shape index (κ2) is 15.1. The van der Waals surface area contributed by atoms with E-state index in [0.29, 0.717) is 64.4 Å². The van der Waals surface area contributed by atoms with E-state index in [4.69, 9.17) is 0 Å². The normalized spacial score (nSPS) is 18.4. The lowest BCUT2D eigenvalue weighted by atomic mass is 9.87. The first-order valence-corrected chi connectivity index (χ1v) is 19.0. The third-order valence-electron chi connectivity index (χ3n) is 11.5. The smallest absolute Gasteiger partial charge is 0.264 e. The molecule has 0 spiro atoms. The van der Waals surface area contributed by atoms with E-state index in [9.17, 15) is 23.2 Å². The molecular formula is C43H42F3N7O3. The Bertz CT molecular complexity index is 2380. The van der Waals surface area contributed by atoms with Crippen LogP contribution in [0.25, 0.3) is 22.2 Å². The van der Waals surface area contributed by atoms with Gasteiger partial charge in [-0.1, -0.05) is 30.3 Å². The van der Waals surface area contributed by atoms with Gasteiger partial charge in [-0.2, -0.15) is 0 Å². The number of hydrogen-bond donors (Lipinski definition) is 2. The second-order valence-corrected chi connectivity index (χ2v) is 15.1. The van der Waals surface area contributed by atoms with Gasteiger partial charge in [0.2, 0.25) is 11.8 Å². The summed E-state index contributed by atoms with van der Waals surface area (Å²) in [5, 5.41) is 6.48. The molecule has 2 saturated heterocycles. The largest absolute Gasteiger partial charge is 0.363 e. The zero-order chi connectivity index (χ0) is 39.2. The van der Waals surface area contributed by atoms with Crippen molar-refractivity contribution in [2.24, 2.45) is 0 Å². The van der Waals surface area contributed by atoms with E-state index < -0.39 is 18.4 Å². The van der Waals surface area contributed by atoms with Crippen LogP contribution < -0.4 is 10.6 Å². The van der Waals surface area contributed by atoms with Crippen molar-refractivity contribution in [3.05, 3.63) is 117 Å². The standard InChI is InChI=1S/C43H42F3N7O3/c1-23-31(5-4-6-32(23)40(45)46)24(2)48-41-34-19-36(47-20-37(34)49-25(3)50-41)28-8-10-35(44)30(18-28)21-52-15-13-26(14-16-52)27-7-9-33-29(17-27)22-53(43(33)56)38-11-12-39(54)51-42(38)55/h4-10,17-20,24,26,38,40H,11-16,21-22H2,1-3H3,(H,48,49,50)(H,51,54,55). The van der Waals surface area contributed by atoms with Gasteiger partial charge in [0, 0.05) is 47.2 Å². The molecule has 3 amide bonds. The number of benzene rings is 3. The Morgan fingerprint density at radius 1 is 0.946 bits per heavy atom. The molecule has 3 aliphatic heterocycles. The van der Waals surface area contributed by atoms with Gasteiger partial charge in [-0.3, -0.25) is 29.6 Å². The van der Waals surface area contributed by atoms with Crippen molar-refractivity contribution in [1.82, 2.24) is 30.1 Å². The first-order valence-electron chi connectivity index (χ1n) is 19.0. The van der Waals surface area contributed by atoms with Gasteiger partial charge in [-0.25, -0.2) is 23.1 Å². The zero-order valence-electron chi connectivity index (χ0n) is 31.4. The van der Waals surface area contributed by atoms with Gasteiger partial charge in [0.05, 0.1) is 23.4 Å². The van der Waals surface area contributed by atoms with E-state index in [2.05, 4.69) is 36.6 Å². The Labute approximate surface area is 322 Å². The van der Waals surface area contributed by atoms with Crippen molar-refractivity contribution in [1.29, 1.82) is 0 Å². The number of hydrogen-bond acceptors (Lipinski definition) is 8. The predicted molar refractivity (Wildman–Crippen MR) is 205 cm³/mol. The average Bonchev–Trinajstić information content (AvgIpc) is 3.50. The van der Waals surface area contributed by atoms with Crippen LogP contribution in [0.4, 0.5) is 19.0 Å². The molecule has 8 rings (SSSR count). The summed E-state index contributed by atoms with van der Waals surface area (Å²) in [7, 11) is 0. The summed E-state index contributed by atoms with van der Waals surface area (Å²) in [5.41, 5.74) is 6.49.